The van der Waals surface area contributed by atoms with Crippen LogP contribution in [0.1, 0.15) is 22.3 Å². The summed E-state index contributed by atoms with van der Waals surface area (Å²) in [5, 5.41) is 5.65. The molecule has 0 nitrogen and oxygen atoms in total. The van der Waals surface area contributed by atoms with Crippen molar-refractivity contribution in [1.82, 2.24) is 0 Å². The van der Waals surface area contributed by atoms with E-state index in [1.807, 2.05) is 23.5 Å². The molecule has 0 fully saturated rings. The molecule has 26 heavy (non-hydrogen) atoms. The zero-order valence-corrected chi connectivity index (χ0v) is 16.4. The summed E-state index contributed by atoms with van der Waals surface area (Å²) in [6, 6.07) is 27.5. The average Bonchev–Trinajstić information content (AvgIpc) is 3.11. The highest BCUT2D eigenvalue weighted by Crippen LogP contribution is 2.73. The van der Waals surface area contributed by atoms with Gasteiger partial charge in [-0.25, -0.2) is 0 Å². The molecule has 0 aliphatic heterocycles. The van der Waals surface area contributed by atoms with E-state index >= 15 is 0 Å². The van der Waals surface area contributed by atoms with Gasteiger partial charge in [0.05, 0.1) is 9.49 Å². The molecule has 2 aliphatic rings. The molecule has 0 amide bonds. The Morgan fingerprint density at radius 1 is 0.500 bits per heavy atom. The highest BCUT2D eigenvalue weighted by Gasteiger charge is 2.64. The molecule has 0 radical (unpaired) electrons. The monoisotopic (exact) mass is 370 g/mol. The van der Waals surface area contributed by atoms with Crippen LogP contribution in [0.2, 0.25) is 0 Å². The first kappa shape index (κ1) is 15.2. The fourth-order valence-corrected chi connectivity index (χ4v) is 8.71. The summed E-state index contributed by atoms with van der Waals surface area (Å²) in [6.45, 7) is 0. The molecule has 0 spiro atoms. The van der Waals surface area contributed by atoms with Gasteiger partial charge in [0.25, 0.3) is 0 Å². The molecule has 0 unspecified atom stereocenters. The van der Waals surface area contributed by atoms with Crippen LogP contribution in [-0.2, 0) is 9.49 Å². The molecule has 0 aromatic heterocycles. The van der Waals surface area contributed by atoms with Crippen molar-refractivity contribution < 1.29 is 0 Å². The quantitative estimate of drug-likeness (QED) is 0.393. The van der Waals surface area contributed by atoms with E-state index < -0.39 is 0 Å². The third-order valence-corrected chi connectivity index (χ3v) is 9.28. The number of thioether (sulfide) groups is 2. The molecule has 0 bridgehead atoms. The minimum absolute atomic E-state index is 0.0706. The van der Waals surface area contributed by atoms with E-state index in [0.717, 1.165) is 0 Å². The lowest BCUT2D eigenvalue weighted by atomic mass is 9.85. The summed E-state index contributed by atoms with van der Waals surface area (Å²) >= 11 is 4.02. The van der Waals surface area contributed by atoms with Gasteiger partial charge >= 0.3 is 0 Å². The van der Waals surface area contributed by atoms with Gasteiger partial charge in [-0.3, -0.25) is 0 Å². The summed E-state index contributed by atoms with van der Waals surface area (Å²) in [6.07, 6.45) is 4.58. The maximum atomic E-state index is 2.37. The van der Waals surface area contributed by atoms with Crippen molar-refractivity contribution in [3.63, 3.8) is 0 Å². The topological polar surface area (TPSA) is 0 Å². The van der Waals surface area contributed by atoms with Gasteiger partial charge in [-0.1, -0.05) is 72.8 Å². The third-order valence-electron chi connectivity index (χ3n) is 6.43. The Labute approximate surface area is 162 Å². The smallest absolute Gasteiger partial charge is 0.0895 e. The fourth-order valence-electron chi connectivity index (χ4n) is 5.63. The van der Waals surface area contributed by atoms with Crippen LogP contribution in [0.4, 0.5) is 0 Å². The van der Waals surface area contributed by atoms with Crippen LogP contribution in [0.3, 0.4) is 0 Å². The molecule has 0 N–H and O–H groups in total. The minimum Gasteiger partial charge on any atom is -0.147 e. The lowest BCUT2D eigenvalue weighted by Crippen LogP contribution is -2.38. The molecule has 0 saturated carbocycles. The van der Waals surface area contributed by atoms with Gasteiger partial charge in [-0.15, -0.1) is 23.5 Å². The normalized spacial score (nSPS) is 25.2. The second-order valence-electron chi connectivity index (χ2n) is 7.19. The number of fused-ring (bicyclic) bond motifs is 5. The van der Waals surface area contributed by atoms with Crippen LogP contribution >= 0.6 is 23.5 Å². The van der Waals surface area contributed by atoms with Crippen molar-refractivity contribution in [3.8, 4) is 0 Å². The Morgan fingerprint density at radius 3 is 1.08 bits per heavy atom. The molecule has 4 aromatic carbocycles. The van der Waals surface area contributed by atoms with Crippen LogP contribution in [0.25, 0.3) is 21.5 Å². The van der Waals surface area contributed by atoms with Gasteiger partial charge in [-0.05, 0) is 56.3 Å². The van der Waals surface area contributed by atoms with Crippen LogP contribution in [-0.4, -0.2) is 12.5 Å². The molecule has 2 heteroatoms. The lowest BCUT2D eigenvalue weighted by molar-refractivity contribution is 0.649. The fraction of sp³-hybridized carbons (Fsp3) is 0.167. The van der Waals surface area contributed by atoms with Gasteiger partial charge in [0.1, 0.15) is 0 Å². The molecular weight excluding hydrogens is 352 g/mol. The van der Waals surface area contributed by atoms with Crippen molar-refractivity contribution in [3.05, 3.63) is 95.1 Å². The number of hydrogen-bond acceptors (Lipinski definition) is 2. The molecule has 6 rings (SSSR count). The summed E-state index contributed by atoms with van der Waals surface area (Å²) < 4.78 is -0.141. The zero-order valence-electron chi connectivity index (χ0n) is 14.7. The Morgan fingerprint density at radius 2 is 0.808 bits per heavy atom. The average molecular weight is 371 g/mol. The first-order chi connectivity index (χ1) is 12.8. The predicted molar refractivity (Wildman–Crippen MR) is 116 cm³/mol. The Kier molecular flexibility index (Phi) is 2.85. The second kappa shape index (κ2) is 4.88. The van der Waals surface area contributed by atoms with Crippen molar-refractivity contribution in [1.29, 1.82) is 0 Å². The summed E-state index contributed by atoms with van der Waals surface area (Å²) in [5.74, 6) is 0. The van der Waals surface area contributed by atoms with Crippen molar-refractivity contribution in [2.24, 2.45) is 0 Å². The highest BCUT2D eigenvalue weighted by atomic mass is 32.2. The lowest BCUT2D eigenvalue weighted by Gasteiger charge is -2.41. The maximum absolute atomic E-state index is 2.37. The van der Waals surface area contributed by atoms with Crippen molar-refractivity contribution >= 4 is 45.1 Å². The number of benzene rings is 4. The predicted octanol–water partition coefficient (Wildman–Crippen LogP) is 6.53. The SMILES string of the molecule is CSC12c3cccc4cccc(c34)C1(SC)c1cccc3cccc2c13. The van der Waals surface area contributed by atoms with E-state index in [9.17, 15) is 0 Å². The number of rotatable bonds is 2. The summed E-state index contributed by atoms with van der Waals surface area (Å²) in [7, 11) is 0. The van der Waals surface area contributed by atoms with Gasteiger partial charge in [-0.2, -0.15) is 0 Å². The second-order valence-corrected chi connectivity index (χ2v) is 9.23. The van der Waals surface area contributed by atoms with Crippen LogP contribution in [0, 0.1) is 0 Å². The largest absolute Gasteiger partial charge is 0.147 e. The van der Waals surface area contributed by atoms with Crippen molar-refractivity contribution in [2.45, 2.75) is 9.49 Å². The molecule has 0 saturated heterocycles. The number of hydrogen-bond donors (Lipinski definition) is 0. The third kappa shape index (κ3) is 1.36. The van der Waals surface area contributed by atoms with E-state index in [1.165, 1.54) is 43.8 Å². The molecule has 0 atom stereocenters. The standard InChI is InChI=1S/C24H18S2/c1-25-23-17-11-3-7-15-9-5-13-19(21(15)17)24(23,26-2)20-14-6-10-16-8-4-12-18(23)22(16)20/h3-14H,1-2H3. The van der Waals surface area contributed by atoms with E-state index in [0.29, 0.717) is 0 Å². The van der Waals surface area contributed by atoms with Gasteiger partial charge in [0.15, 0.2) is 0 Å². The molecule has 126 valence electrons. The van der Waals surface area contributed by atoms with Crippen LogP contribution in [0.15, 0.2) is 72.8 Å². The first-order valence-electron chi connectivity index (χ1n) is 8.95. The zero-order chi connectivity index (χ0) is 17.5. The Hall–Kier alpha value is -1.90. The van der Waals surface area contributed by atoms with Crippen LogP contribution < -0.4 is 0 Å². The Bertz CT molecular complexity index is 1050. The highest BCUT2D eigenvalue weighted by molar-refractivity contribution is 8.04. The first-order valence-corrected chi connectivity index (χ1v) is 11.4. The molecule has 0 heterocycles. The van der Waals surface area contributed by atoms with E-state index in [2.05, 4.69) is 85.3 Å². The van der Waals surface area contributed by atoms with Crippen molar-refractivity contribution in [2.75, 3.05) is 12.5 Å². The van der Waals surface area contributed by atoms with E-state index in [4.69, 9.17) is 0 Å². The Balaban J connectivity index is 1.93. The maximum Gasteiger partial charge on any atom is 0.0895 e. The van der Waals surface area contributed by atoms with Gasteiger partial charge in [0.2, 0.25) is 0 Å². The van der Waals surface area contributed by atoms with Crippen LogP contribution in [0.5, 0.6) is 0 Å². The summed E-state index contributed by atoms with van der Waals surface area (Å²) in [5.41, 5.74) is 5.93. The minimum atomic E-state index is -0.0706. The molecule has 2 aliphatic carbocycles. The van der Waals surface area contributed by atoms with Gasteiger partial charge in [0, 0.05) is 0 Å². The van der Waals surface area contributed by atoms with E-state index in [-0.39, 0.29) is 9.49 Å². The molecule has 4 aromatic rings. The van der Waals surface area contributed by atoms with Gasteiger partial charge < -0.3 is 0 Å². The summed E-state index contributed by atoms with van der Waals surface area (Å²) in [4.78, 5) is 0. The van der Waals surface area contributed by atoms with E-state index in [1.54, 1.807) is 0 Å². The molecular formula is C24H18S2.